The van der Waals surface area contributed by atoms with Gasteiger partial charge in [-0.25, -0.2) is 14.4 Å². The van der Waals surface area contributed by atoms with Crippen molar-refractivity contribution in [2.24, 2.45) is 0 Å². The number of pyridine rings is 1. The Morgan fingerprint density at radius 2 is 2.03 bits per heavy atom. The molecule has 0 aliphatic carbocycles. The average Bonchev–Trinajstić information content (AvgIpc) is 3.45. The van der Waals surface area contributed by atoms with Crippen LogP contribution in [0.2, 0.25) is 5.02 Å². The molecule has 3 aromatic heterocycles. The summed E-state index contributed by atoms with van der Waals surface area (Å²) in [6.07, 6.45) is 1.69. The molecule has 5 aromatic rings. The molecule has 0 atom stereocenters. The molecule has 1 aliphatic rings. The van der Waals surface area contributed by atoms with Crippen LogP contribution in [0.3, 0.4) is 0 Å². The fourth-order valence-electron chi connectivity index (χ4n) is 3.82. The van der Waals surface area contributed by atoms with Crippen molar-refractivity contribution in [2.45, 2.75) is 17.5 Å². The van der Waals surface area contributed by atoms with E-state index in [2.05, 4.69) is 4.98 Å². The molecular weight excluding hydrogens is 497 g/mol. The Morgan fingerprint density at radius 3 is 2.91 bits per heavy atom. The summed E-state index contributed by atoms with van der Waals surface area (Å²) in [5.74, 6) is 1.14. The van der Waals surface area contributed by atoms with Crippen LogP contribution in [-0.4, -0.2) is 21.3 Å². The summed E-state index contributed by atoms with van der Waals surface area (Å²) in [6, 6.07) is 13.9. The third kappa shape index (κ3) is 3.70. The summed E-state index contributed by atoms with van der Waals surface area (Å²) in [7, 11) is 0. The average molecular weight is 512 g/mol. The lowest BCUT2D eigenvalue weighted by molar-refractivity contribution is 0.174. The van der Waals surface area contributed by atoms with Crippen molar-refractivity contribution in [3.63, 3.8) is 0 Å². The topological polar surface area (TPSA) is 66.2 Å². The van der Waals surface area contributed by atoms with Crippen LogP contribution in [0.25, 0.3) is 20.4 Å². The van der Waals surface area contributed by atoms with Crippen LogP contribution >= 0.6 is 34.7 Å². The quantitative estimate of drug-likeness (QED) is 0.217. The minimum atomic E-state index is -0.393. The molecule has 1 aliphatic heterocycles. The first-order valence-electron chi connectivity index (χ1n) is 10.3. The number of fused-ring (bicyclic) bond motifs is 4. The maximum Gasteiger partial charge on any atom is 0.272 e. The van der Waals surface area contributed by atoms with Gasteiger partial charge < -0.3 is 9.47 Å². The summed E-state index contributed by atoms with van der Waals surface area (Å²) in [4.78, 5) is 23.6. The number of hydrogen-bond donors (Lipinski definition) is 0. The zero-order valence-electron chi connectivity index (χ0n) is 17.5. The minimum absolute atomic E-state index is 0.172. The molecule has 4 heterocycles. The van der Waals surface area contributed by atoms with Gasteiger partial charge in [0.2, 0.25) is 6.79 Å². The molecule has 0 saturated heterocycles. The van der Waals surface area contributed by atoms with E-state index >= 15 is 0 Å². The third-order valence-corrected chi connectivity index (χ3v) is 7.95. The molecule has 6 nitrogen and oxygen atoms in total. The van der Waals surface area contributed by atoms with E-state index in [-0.39, 0.29) is 24.6 Å². The highest BCUT2D eigenvalue weighted by atomic mass is 35.5. The van der Waals surface area contributed by atoms with Crippen molar-refractivity contribution in [3.05, 3.63) is 87.0 Å². The molecule has 0 radical (unpaired) electrons. The zero-order valence-corrected chi connectivity index (χ0v) is 19.8. The first kappa shape index (κ1) is 21.4. The Hall–Kier alpha value is -3.14. The second-order valence-electron chi connectivity index (χ2n) is 7.60. The summed E-state index contributed by atoms with van der Waals surface area (Å²) < 4.78 is 27.4. The first-order valence-corrected chi connectivity index (χ1v) is 12.5. The first-order chi connectivity index (χ1) is 16.6. The number of thiophene rings is 1. The Kier molecular flexibility index (Phi) is 5.40. The molecular formula is C24H15ClFN3O3S2. The Labute approximate surface area is 205 Å². The molecule has 0 saturated carbocycles. The Morgan fingerprint density at radius 1 is 1.15 bits per heavy atom. The van der Waals surface area contributed by atoms with E-state index in [1.54, 1.807) is 22.9 Å². The second-order valence-corrected chi connectivity index (χ2v) is 9.95. The highest BCUT2D eigenvalue weighted by Crippen LogP contribution is 2.35. The van der Waals surface area contributed by atoms with Crippen molar-refractivity contribution < 1.29 is 13.9 Å². The lowest BCUT2D eigenvalue weighted by Crippen LogP contribution is -2.23. The van der Waals surface area contributed by atoms with Crippen molar-refractivity contribution in [2.75, 3.05) is 6.79 Å². The van der Waals surface area contributed by atoms with Gasteiger partial charge in [0.05, 0.1) is 12.1 Å². The van der Waals surface area contributed by atoms with Gasteiger partial charge in [0.1, 0.15) is 15.3 Å². The number of aromatic nitrogens is 3. The van der Waals surface area contributed by atoms with Crippen molar-refractivity contribution in [3.8, 4) is 11.5 Å². The van der Waals surface area contributed by atoms with E-state index in [1.807, 2.05) is 30.3 Å². The van der Waals surface area contributed by atoms with Gasteiger partial charge in [-0.15, -0.1) is 11.3 Å². The van der Waals surface area contributed by atoms with E-state index in [1.165, 1.54) is 29.2 Å². The smallest absolute Gasteiger partial charge is 0.272 e. The number of nitrogens with zero attached hydrogens (tertiary/aromatic N) is 3. The fourth-order valence-corrected chi connectivity index (χ4v) is 6.19. The highest BCUT2D eigenvalue weighted by Gasteiger charge is 2.20. The number of thioether (sulfide) groups is 1. The third-order valence-electron chi connectivity index (χ3n) is 5.50. The highest BCUT2D eigenvalue weighted by molar-refractivity contribution is 7.98. The predicted octanol–water partition coefficient (Wildman–Crippen LogP) is 5.87. The van der Waals surface area contributed by atoms with Gasteiger partial charge in [0, 0.05) is 27.9 Å². The molecule has 0 bridgehead atoms. The Balaban J connectivity index is 1.47. The maximum absolute atomic E-state index is 14.4. The normalized spacial score (nSPS) is 12.6. The molecule has 0 spiro atoms. The van der Waals surface area contributed by atoms with Crippen LogP contribution in [0.5, 0.6) is 11.5 Å². The van der Waals surface area contributed by atoms with E-state index in [0.29, 0.717) is 37.5 Å². The van der Waals surface area contributed by atoms with Crippen molar-refractivity contribution >= 4 is 55.1 Å². The molecule has 0 fully saturated rings. The van der Waals surface area contributed by atoms with Crippen LogP contribution in [-0.2, 0) is 12.3 Å². The van der Waals surface area contributed by atoms with E-state index in [9.17, 15) is 9.18 Å². The van der Waals surface area contributed by atoms with Crippen molar-refractivity contribution in [1.82, 2.24) is 14.5 Å². The van der Waals surface area contributed by atoms with Crippen molar-refractivity contribution in [1.29, 1.82) is 0 Å². The number of hydrogen-bond acceptors (Lipinski definition) is 7. The van der Waals surface area contributed by atoms with Gasteiger partial charge >= 0.3 is 0 Å². The van der Waals surface area contributed by atoms with Crippen LogP contribution in [0.1, 0.15) is 11.1 Å². The standard InChI is InChI=1S/C24H15ClFN3O3S2/c25-16-4-1-5-17(26)15(16)11-33-24-28-20-14-3-2-8-27-22(14)34-21(20)23(30)29(24)10-13-6-7-18-19(9-13)32-12-31-18/h1-9H,10-12H2. The molecule has 6 rings (SSSR count). The minimum Gasteiger partial charge on any atom is -0.454 e. The van der Waals surface area contributed by atoms with Gasteiger partial charge in [-0.2, -0.15) is 0 Å². The molecule has 170 valence electrons. The summed E-state index contributed by atoms with van der Waals surface area (Å²) in [5.41, 5.74) is 1.66. The monoisotopic (exact) mass is 511 g/mol. The van der Waals surface area contributed by atoms with Crippen LogP contribution in [0.15, 0.2) is 64.7 Å². The lowest BCUT2D eigenvalue weighted by atomic mass is 10.2. The number of ether oxygens (including phenoxy) is 2. The predicted molar refractivity (Wildman–Crippen MR) is 132 cm³/mol. The number of benzene rings is 2. The summed E-state index contributed by atoms with van der Waals surface area (Å²) in [5, 5.41) is 1.63. The molecule has 0 N–H and O–H groups in total. The van der Waals surface area contributed by atoms with Gasteiger partial charge in [-0.05, 0) is 42.0 Å². The van der Waals surface area contributed by atoms with Gasteiger partial charge in [-0.1, -0.05) is 35.5 Å². The van der Waals surface area contributed by atoms with Crippen LogP contribution in [0, 0.1) is 5.82 Å². The SMILES string of the molecule is O=c1c2sc3ncccc3c2nc(SCc2c(F)cccc2Cl)n1Cc1ccc2c(c1)OCO2. The lowest BCUT2D eigenvalue weighted by Gasteiger charge is -2.13. The number of rotatable bonds is 5. The van der Waals surface area contributed by atoms with Gasteiger partial charge in [-0.3, -0.25) is 9.36 Å². The fraction of sp³-hybridized carbons (Fsp3) is 0.125. The van der Waals surface area contributed by atoms with E-state index in [4.69, 9.17) is 26.1 Å². The van der Waals surface area contributed by atoms with Crippen LogP contribution in [0.4, 0.5) is 4.39 Å². The largest absolute Gasteiger partial charge is 0.454 e. The second kappa shape index (κ2) is 8.57. The molecule has 0 unspecified atom stereocenters. The maximum atomic E-state index is 14.4. The van der Waals surface area contributed by atoms with E-state index < -0.39 is 5.82 Å². The summed E-state index contributed by atoms with van der Waals surface area (Å²) >= 11 is 8.82. The zero-order chi connectivity index (χ0) is 23.2. The summed E-state index contributed by atoms with van der Waals surface area (Å²) in [6.45, 7) is 0.443. The van der Waals surface area contributed by atoms with Gasteiger partial charge in [0.15, 0.2) is 16.7 Å². The number of halogens is 2. The van der Waals surface area contributed by atoms with Gasteiger partial charge in [0.25, 0.3) is 5.56 Å². The molecule has 34 heavy (non-hydrogen) atoms. The molecule has 10 heteroatoms. The van der Waals surface area contributed by atoms with E-state index in [0.717, 1.165) is 15.8 Å². The van der Waals surface area contributed by atoms with Crippen LogP contribution < -0.4 is 15.0 Å². The molecule has 2 aromatic carbocycles. The Bertz CT molecular complexity index is 1620. The molecule has 0 amide bonds.